The molecule has 1 rings (SSSR count). The first kappa shape index (κ1) is 7.28. The van der Waals surface area contributed by atoms with Gasteiger partial charge in [0.25, 0.3) is 0 Å². The first-order chi connectivity index (χ1) is 4.70. The van der Waals surface area contributed by atoms with E-state index in [1.54, 1.807) is 0 Å². The highest BCUT2D eigenvalue weighted by Crippen LogP contribution is 2.17. The second-order valence-electron chi connectivity index (χ2n) is 2.40. The normalized spacial score (nSPS) is 22.2. The van der Waals surface area contributed by atoms with Gasteiger partial charge in [0, 0.05) is 5.57 Å². The van der Waals surface area contributed by atoms with E-state index in [2.05, 4.69) is 6.58 Å². The highest BCUT2D eigenvalue weighted by Gasteiger charge is 2.22. The first-order valence-electron chi connectivity index (χ1n) is 3.23. The summed E-state index contributed by atoms with van der Waals surface area (Å²) in [7, 11) is 0. The van der Waals surface area contributed by atoms with Crippen LogP contribution in [-0.4, -0.2) is 23.8 Å². The van der Waals surface area contributed by atoms with Crippen molar-refractivity contribution in [3.63, 3.8) is 0 Å². The van der Waals surface area contributed by atoms with Crippen molar-refractivity contribution in [2.75, 3.05) is 6.61 Å². The van der Waals surface area contributed by atoms with E-state index in [4.69, 9.17) is 9.84 Å². The van der Waals surface area contributed by atoms with E-state index in [1.165, 1.54) is 0 Å². The van der Waals surface area contributed by atoms with Crippen molar-refractivity contribution in [2.24, 2.45) is 0 Å². The van der Waals surface area contributed by atoms with Crippen molar-refractivity contribution in [3.8, 4) is 0 Å². The van der Waals surface area contributed by atoms with Crippen LogP contribution in [0, 0.1) is 0 Å². The Morgan fingerprint density at radius 3 is 2.80 bits per heavy atom. The molecule has 0 aliphatic carbocycles. The predicted molar refractivity (Wildman–Crippen MR) is 35.7 cm³/mol. The summed E-state index contributed by atoms with van der Waals surface area (Å²) in [5.74, 6) is -0.902. The Balaban J connectivity index is 2.11. The van der Waals surface area contributed by atoms with Gasteiger partial charge in [-0.15, -0.1) is 0 Å². The summed E-state index contributed by atoms with van der Waals surface area (Å²) in [6.45, 7) is 4.18. The molecule has 0 spiro atoms. The van der Waals surface area contributed by atoms with Gasteiger partial charge in [0.15, 0.2) is 0 Å². The molecule has 0 aromatic rings. The molecule has 1 fully saturated rings. The third kappa shape index (κ3) is 2.19. The van der Waals surface area contributed by atoms with Crippen molar-refractivity contribution in [2.45, 2.75) is 18.9 Å². The summed E-state index contributed by atoms with van der Waals surface area (Å²) < 4.78 is 4.90. The average molecular weight is 142 g/mol. The van der Waals surface area contributed by atoms with Crippen LogP contribution in [0.1, 0.15) is 12.8 Å². The molecule has 1 saturated heterocycles. The Morgan fingerprint density at radius 2 is 2.40 bits per heavy atom. The molecule has 0 radical (unpaired) electrons. The van der Waals surface area contributed by atoms with Crippen LogP contribution in [0.25, 0.3) is 0 Å². The second kappa shape index (κ2) is 2.84. The number of hydrogen-bond donors (Lipinski definition) is 1. The molecule has 0 saturated carbocycles. The minimum atomic E-state index is -0.902. The van der Waals surface area contributed by atoms with Gasteiger partial charge in [0.05, 0.1) is 12.7 Å². The maximum Gasteiger partial charge on any atom is 0.330 e. The Morgan fingerprint density at radius 1 is 1.80 bits per heavy atom. The first-order valence-corrected chi connectivity index (χ1v) is 3.23. The van der Waals surface area contributed by atoms with Crippen LogP contribution < -0.4 is 0 Å². The lowest BCUT2D eigenvalue weighted by atomic mass is 10.1. The van der Waals surface area contributed by atoms with Crippen molar-refractivity contribution in [1.29, 1.82) is 0 Å². The van der Waals surface area contributed by atoms with Crippen molar-refractivity contribution in [1.82, 2.24) is 0 Å². The van der Waals surface area contributed by atoms with E-state index in [9.17, 15) is 4.79 Å². The van der Waals surface area contributed by atoms with Crippen LogP contribution in [0.15, 0.2) is 12.2 Å². The molecule has 1 aliphatic rings. The summed E-state index contributed by atoms with van der Waals surface area (Å²) in [6.07, 6.45) is 1.64. The molecule has 1 atom stereocenters. The minimum absolute atomic E-state index is 0.274. The highest BCUT2D eigenvalue weighted by atomic mass is 16.6. The Kier molecular flexibility index (Phi) is 2.06. The zero-order valence-corrected chi connectivity index (χ0v) is 5.67. The number of epoxide rings is 1. The SMILES string of the molecule is C=C(CCC1CO1)C(=O)O. The topological polar surface area (TPSA) is 49.8 Å². The van der Waals surface area contributed by atoms with E-state index in [1.807, 2.05) is 0 Å². The molecular formula is C7H10O3. The second-order valence-corrected chi connectivity index (χ2v) is 2.40. The lowest BCUT2D eigenvalue weighted by Crippen LogP contribution is -1.99. The fraction of sp³-hybridized carbons (Fsp3) is 0.571. The third-order valence-electron chi connectivity index (χ3n) is 1.47. The van der Waals surface area contributed by atoms with Crippen LogP contribution in [-0.2, 0) is 9.53 Å². The lowest BCUT2D eigenvalue weighted by molar-refractivity contribution is -0.132. The highest BCUT2D eigenvalue weighted by molar-refractivity contribution is 5.85. The number of carbonyl (C=O) groups is 1. The molecular weight excluding hydrogens is 132 g/mol. The van der Waals surface area contributed by atoms with E-state index >= 15 is 0 Å². The van der Waals surface area contributed by atoms with Gasteiger partial charge in [-0.1, -0.05) is 6.58 Å². The Hall–Kier alpha value is -0.830. The third-order valence-corrected chi connectivity index (χ3v) is 1.47. The lowest BCUT2D eigenvalue weighted by Gasteiger charge is -1.95. The van der Waals surface area contributed by atoms with Gasteiger partial charge >= 0.3 is 5.97 Å². The molecule has 0 aromatic heterocycles. The van der Waals surface area contributed by atoms with Gasteiger partial charge in [-0.3, -0.25) is 0 Å². The molecule has 1 N–H and O–H groups in total. The zero-order valence-electron chi connectivity index (χ0n) is 5.67. The standard InChI is InChI=1S/C7H10O3/c1-5(7(8)9)2-3-6-4-10-6/h6H,1-4H2,(H,8,9). The van der Waals surface area contributed by atoms with E-state index in [0.29, 0.717) is 12.5 Å². The van der Waals surface area contributed by atoms with Crippen molar-refractivity contribution >= 4 is 5.97 Å². The van der Waals surface area contributed by atoms with Gasteiger partial charge in [-0.25, -0.2) is 4.79 Å². The maximum atomic E-state index is 10.2. The fourth-order valence-electron chi connectivity index (χ4n) is 0.677. The van der Waals surface area contributed by atoms with Crippen LogP contribution in [0.2, 0.25) is 0 Å². The monoisotopic (exact) mass is 142 g/mol. The van der Waals surface area contributed by atoms with Gasteiger partial charge < -0.3 is 9.84 Å². The van der Waals surface area contributed by atoms with Gasteiger partial charge in [-0.05, 0) is 12.8 Å². The van der Waals surface area contributed by atoms with E-state index < -0.39 is 5.97 Å². The molecule has 3 nitrogen and oxygen atoms in total. The Bertz CT molecular complexity index is 158. The summed E-state index contributed by atoms with van der Waals surface area (Å²) in [4.78, 5) is 10.2. The van der Waals surface area contributed by atoms with E-state index in [0.717, 1.165) is 13.0 Å². The smallest absolute Gasteiger partial charge is 0.330 e. The molecule has 0 bridgehead atoms. The molecule has 0 amide bonds. The minimum Gasteiger partial charge on any atom is -0.478 e. The maximum absolute atomic E-state index is 10.2. The van der Waals surface area contributed by atoms with Crippen molar-refractivity contribution in [3.05, 3.63) is 12.2 Å². The Labute approximate surface area is 59.3 Å². The zero-order chi connectivity index (χ0) is 7.56. The van der Waals surface area contributed by atoms with Gasteiger partial charge in [-0.2, -0.15) is 0 Å². The molecule has 0 aromatic carbocycles. The summed E-state index contributed by atoms with van der Waals surface area (Å²) in [5.41, 5.74) is 0.274. The number of carboxylic acid groups (broad SMARTS) is 1. The molecule has 1 heterocycles. The number of ether oxygens (including phenoxy) is 1. The van der Waals surface area contributed by atoms with Crippen LogP contribution in [0.3, 0.4) is 0 Å². The van der Waals surface area contributed by atoms with Gasteiger partial charge in [0.2, 0.25) is 0 Å². The summed E-state index contributed by atoms with van der Waals surface area (Å²) >= 11 is 0. The van der Waals surface area contributed by atoms with E-state index in [-0.39, 0.29) is 5.57 Å². The quantitative estimate of drug-likeness (QED) is 0.466. The predicted octanol–water partition coefficient (Wildman–Crippen LogP) is 0.806. The largest absolute Gasteiger partial charge is 0.478 e. The van der Waals surface area contributed by atoms with Crippen molar-refractivity contribution < 1.29 is 14.6 Å². The summed E-state index contributed by atoms with van der Waals surface area (Å²) in [5, 5.41) is 8.37. The molecule has 10 heavy (non-hydrogen) atoms. The number of hydrogen-bond acceptors (Lipinski definition) is 2. The van der Waals surface area contributed by atoms with Crippen LogP contribution in [0.4, 0.5) is 0 Å². The van der Waals surface area contributed by atoms with Crippen LogP contribution >= 0.6 is 0 Å². The summed E-state index contributed by atoms with van der Waals surface area (Å²) in [6, 6.07) is 0. The number of rotatable bonds is 4. The molecule has 3 heteroatoms. The molecule has 1 aliphatic heterocycles. The molecule has 56 valence electrons. The molecule has 1 unspecified atom stereocenters. The van der Waals surface area contributed by atoms with Crippen LogP contribution in [0.5, 0.6) is 0 Å². The average Bonchev–Trinajstić information content (AvgIpc) is 2.64. The number of carboxylic acids is 1. The van der Waals surface area contributed by atoms with Gasteiger partial charge in [0.1, 0.15) is 0 Å². The number of aliphatic carboxylic acids is 1. The fourth-order valence-corrected chi connectivity index (χ4v) is 0.677.